The number of nitrogens with zero attached hydrogens (tertiary/aromatic N) is 2. The molecule has 1 saturated heterocycles. The molecule has 0 saturated carbocycles. The molecule has 1 aliphatic rings. The van der Waals surface area contributed by atoms with Crippen molar-refractivity contribution in [1.82, 2.24) is 10.1 Å². The second kappa shape index (κ2) is 6.09. The van der Waals surface area contributed by atoms with Gasteiger partial charge in [-0.3, -0.25) is 4.79 Å². The lowest BCUT2D eigenvalue weighted by molar-refractivity contribution is -0.0502. The minimum atomic E-state index is -0.100. The first-order valence-electron chi connectivity index (χ1n) is 8.01. The van der Waals surface area contributed by atoms with E-state index in [1.54, 1.807) is 17.9 Å². The third-order valence-corrected chi connectivity index (χ3v) is 4.34. The van der Waals surface area contributed by atoms with Crippen LogP contribution in [0.4, 0.5) is 0 Å². The molecule has 2 heterocycles. The predicted octanol–water partition coefficient (Wildman–Crippen LogP) is 3.18. The Morgan fingerprint density at radius 2 is 2.04 bits per heavy atom. The lowest BCUT2D eigenvalue weighted by atomic mass is 10.1. The molecule has 4 rings (SSSR count). The van der Waals surface area contributed by atoms with E-state index in [0.29, 0.717) is 31.2 Å². The van der Waals surface area contributed by atoms with Gasteiger partial charge in [0.25, 0.3) is 5.91 Å². The maximum atomic E-state index is 12.2. The lowest BCUT2D eigenvalue weighted by Gasteiger charge is -2.38. The van der Waals surface area contributed by atoms with E-state index >= 15 is 0 Å². The average Bonchev–Trinajstić information content (AvgIpc) is 3.00. The van der Waals surface area contributed by atoms with Gasteiger partial charge in [0.05, 0.1) is 12.7 Å². The van der Waals surface area contributed by atoms with Crippen LogP contribution in [0.1, 0.15) is 21.8 Å². The van der Waals surface area contributed by atoms with Crippen molar-refractivity contribution in [2.24, 2.45) is 0 Å². The van der Waals surface area contributed by atoms with Crippen LogP contribution in [-0.2, 0) is 11.3 Å². The summed E-state index contributed by atoms with van der Waals surface area (Å²) in [6.45, 7) is 3.51. The van der Waals surface area contributed by atoms with Gasteiger partial charge in [0.15, 0.2) is 5.69 Å². The molecule has 0 spiro atoms. The number of benzene rings is 2. The van der Waals surface area contributed by atoms with Gasteiger partial charge in [-0.25, -0.2) is 0 Å². The summed E-state index contributed by atoms with van der Waals surface area (Å²) in [6, 6.07) is 16.2. The van der Waals surface area contributed by atoms with Crippen molar-refractivity contribution in [2.45, 2.75) is 19.6 Å². The van der Waals surface area contributed by atoms with Crippen LogP contribution in [0.2, 0.25) is 0 Å². The second-order valence-corrected chi connectivity index (χ2v) is 6.10. The van der Waals surface area contributed by atoms with Gasteiger partial charge in [-0.15, -0.1) is 0 Å². The van der Waals surface area contributed by atoms with Gasteiger partial charge in [0.1, 0.15) is 5.76 Å². The van der Waals surface area contributed by atoms with Crippen molar-refractivity contribution < 1.29 is 14.1 Å². The Hall–Kier alpha value is -2.66. The van der Waals surface area contributed by atoms with E-state index in [1.165, 1.54) is 16.3 Å². The van der Waals surface area contributed by atoms with Crippen LogP contribution in [0.3, 0.4) is 0 Å². The fraction of sp³-hybridized carbons (Fsp3) is 0.263. The van der Waals surface area contributed by atoms with Crippen LogP contribution < -0.4 is 0 Å². The summed E-state index contributed by atoms with van der Waals surface area (Å²) < 4.78 is 10.9. The molecular weight excluding hydrogens is 304 g/mol. The highest BCUT2D eigenvalue weighted by Crippen LogP contribution is 2.22. The number of hydrogen-bond donors (Lipinski definition) is 0. The highest BCUT2D eigenvalue weighted by Gasteiger charge is 2.33. The predicted molar refractivity (Wildman–Crippen MR) is 89.7 cm³/mol. The Balaban J connectivity index is 1.34. The van der Waals surface area contributed by atoms with Gasteiger partial charge >= 0.3 is 0 Å². The standard InChI is InChI=1S/C19H18N2O3/c1-13-9-18(20-24-13)19(22)21-10-16(11-21)23-12-15-7-4-6-14-5-2-3-8-17(14)15/h2-9,16H,10-12H2,1H3. The summed E-state index contributed by atoms with van der Waals surface area (Å²) in [5.41, 5.74) is 1.53. The van der Waals surface area contributed by atoms with Gasteiger partial charge in [0.2, 0.25) is 0 Å². The molecule has 122 valence electrons. The lowest BCUT2D eigenvalue weighted by Crippen LogP contribution is -2.54. The van der Waals surface area contributed by atoms with Gasteiger partial charge in [-0.2, -0.15) is 0 Å². The number of hydrogen-bond acceptors (Lipinski definition) is 4. The number of likely N-dealkylation sites (tertiary alicyclic amines) is 1. The summed E-state index contributed by atoms with van der Waals surface area (Å²) in [6.07, 6.45) is 0.0703. The molecule has 1 aromatic heterocycles. The number of fused-ring (bicyclic) bond motifs is 1. The summed E-state index contributed by atoms with van der Waals surface area (Å²) >= 11 is 0. The van der Waals surface area contributed by atoms with Gasteiger partial charge in [0, 0.05) is 19.2 Å². The van der Waals surface area contributed by atoms with Gasteiger partial charge in [-0.1, -0.05) is 47.6 Å². The summed E-state index contributed by atoms with van der Waals surface area (Å²) in [5.74, 6) is 0.541. The average molecular weight is 322 g/mol. The molecule has 1 amide bonds. The number of carbonyl (C=O) groups excluding carboxylic acids is 1. The maximum absolute atomic E-state index is 12.2. The third-order valence-electron chi connectivity index (χ3n) is 4.34. The number of aromatic nitrogens is 1. The Morgan fingerprint density at radius 1 is 1.25 bits per heavy atom. The van der Waals surface area contributed by atoms with E-state index in [-0.39, 0.29) is 12.0 Å². The van der Waals surface area contributed by atoms with Crippen molar-refractivity contribution >= 4 is 16.7 Å². The fourth-order valence-corrected chi connectivity index (χ4v) is 2.96. The fourth-order valence-electron chi connectivity index (χ4n) is 2.96. The highest BCUT2D eigenvalue weighted by atomic mass is 16.5. The molecule has 0 aliphatic carbocycles. The third kappa shape index (κ3) is 2.78. The molecule has 3 aromatic rings. The molecule has 0 bridgehead atoms. The van der Waals surface area contributed by atoms with E-state index in [0.717, 1.165) is 0 Å². The number of rotatable bonds is 4. The highest BCUT2D eigenvalue weighted by molar-refractivity contribution is 5.92. The van der Waals surface area contributed by atoms with E-state index in [4.69, 9.17) is 9.26 Å². The van der Waals surface area contributed by atoms with Gasteiger partial charge < -0.3 is 14.2 Å². The van der Waals surface area contributed by atoms with Crippen LogP contribution in [-0.4, -0.2) is 35.2 Å². The monoisotopic (exact) mass is 322 g/mol. The normalized spacial score (nSPS) is 14.8. The van der Waals surface area contributed by atoms with Crippen molar-refractivity contribution in [1.29, 1.82) is 0 Å². The topological polar surface area (TPSA) is 55.6 Å². The Bertz CT molecular complexity index is 876. The molecule has 24 heavy (non-hydrogen) atoms. The van der Waals surface area contributed by atoms with Crippen molar-refractivity contribution in [3.05, 3.63) is 65.5 Å². The summed E-state index contributed by atoms with van der Waals surface area (Å²) in [7, 11) is 0. The molecule has 0 atom stereocenters. The van der Waals surface area contributed by atoms with E-state index in [9.17, 15) is 4.79 Å². The quantitative estimate of drug-likeness (QED) is 0.740. The van der Waals surface area contributed by atoms with Crippen molar-refractivity contribution in [2.75, 3.05) is 13.1 Å². The number of amides is 1. The SMILES string of the molecule is Cc1cc(C(=O)N2CC(OCc3cccc4ccccc34)C2)no1. The van der Waals surface area contributed by atoms with Crippen LogP contribution in [0.15, 0.2) is 53.1 Å². The molecule has 5 nitrogen and oxygen atoms in total. The van der Waals surface area contributed by atoms with Crippen LogP contribution in [0.5, 0.6) is 0 Å². The molecule has 1 aliphatic heterocycles. The van der Waals surface area contributed by atoms with Crippen LogP contribution >= 0.6 is 0 Å². The largest absolute Gasteiger partial charge is 0.370 e. The van der Waals surface area contributed by atoms with Gasteiger partial charge in [-0.05, 0) is 23.3 Å². The van der Waals surface area contributed by atoms with Crippen LogP contribution in [0, 0.1) is 6.92 Å². The first-order chi connectivity index (χ1) is 11.7. The zero-order valence-electron chi connectivity index (χ0n) is 13.4. The molecular formula is C19H18N2O3. The molecule has 0 radical (unpaired) electrons. The molecule has 0 unspecified atom stereocenters. The minimum Gasteiger partial charge on any atom is -0.370 e. The smallest absolute Gasteiger partial charge is 0.276 e. The molecule has 0 N–H and O–H groups in total. The Labute approximate surface area is 139 Å². The zero-order valence-corrected chi connectivity index (χ0v) is 13.4. The summed E-state index contributed by atoms with van der Waals surface area (Å²) in [5, 5.41) is 6.19. The van der Waals surface area contributed by atoms with Crippen molar-refractivity contribution in [3.63, 3.8) is 0 Å². The minimum absolute atomic E-state index is 0.0703. The maximum Gasteiger partial charge on any atom is 0.276 e. The molecule has 1 fully saturated rings. The molecule has 2 aromatic carbocycles. The summed E-state index contributed by atoms with van der Waals surface area (Å²) in [4.78, 5) is 13.9. The first kappa shape index (κ1) is 14.9. The second-order valence-electron chi connectivity index (χ2n) is 6.10. The molecule has 5 heteroatoms. The number of carbonyl (C=O) groups is 1. The van der Waals surface area contributed by atoms with E-state index in [1.807, 2.05) is 18.2 Å². The van der Waals surface area contributed by atoms with Crippen LogP contribution in [0.25, 0.3) is 10.8 Å². The zero-order chi connectivity index (χ0) is 16.5. The number of ether oxygens (including phenoxy) is 1. The first-order valence-corrected chi connectivity index (χ1v) is 8.01. The van der Waals surface area contributed by atoms with E-state index < -0.39 is 0 Å². The van der Waals surface area contributed by atoms with E-state index in [2.05, 4.69) is 29.4 Å². The number of aryl methyl sites for hydroxylation is 1. The van der Waals surface area contributed by atoms with Crippen molar-refractivity contribution in [3.8, 4) is 0 Å². The Morgan fingerprint density at radius 3 is 2.83 bits per heavy atom. The Kier molecular flexibility index (Phi) is 3.78.